The van der Waals surface area contributed by atoms with Crippen LogP contribution < -0.4 is 10.2 Å². The molecule has 7 heteroatoms. The molecule has 4 rings (SSSR count). The van der Waals surface area contributed by atoms with Crippen molar-refractivity contribution in [3.63, 3.8) is 0 Å². The number of barbiturate groups is 1. The van der Waals surface area contributed by atoms with Gasteiger partial charge in [-0.15, -0.1) is 0 Å². The molecule has 2 aliphatic rings. The van der Waals surface area contributed by atoms with E-state index in [-0.39, 0.29) is 6.04 Å². The first-order chi connectivity index (χ1) is 15.8. The van der Waals surface area contributed by atoms with E-state index in [9.17, 15) is 14.4 Å². The lowest BCUT2D eigenvalue weighted by Crippen LogP contribution is -2.59. The van der Waals surface area contributed by atoms with Crippen LogP contribution in [0.25, 0.3) is 0 Å². The van der Waals surface area contributed by atoms with Gasteiger partial charge in [0.25, 0.3) is 5.91 Å². The van der Waals surface area contributed by atoms with E-state index in [0.717, 1.165) is 54.1 Å². The predicted octanol–water partition coefficient (Wildman–Crippen LogP) is 3.55. The fraction of sp³-hybridized carbons (Fsp3) is 0.385. The van der Waals surface area contributed by atoms with Crippen LogP contribution in [-0.4, -0.2) is 48.1 Å². The second kappa shape index (κ2) is 9.67. The van der Waals surface area contributed by atoms with Gasteiger partial charge in [0, 0.05) is 25.8 Å². The molecule has 4 amide bonds. The highest BCUT2D eigenvalue weighted by molar-refractivity contribution is 6.33. The zero-order chi connectivity index (χ0) is 23.5. The van der Waals surface area contributed by atoms with Gasteiger partial charge >= 0.3 is 6.03 Å². The van der Waals surface area contributed by atoms with Crippen molar-refractivity contribution in [2.45, 2.75) is 46.2 Å². The van der Waals surface area contributed by atoms with Crippen molar-refractivity contribution in [1.82, 2.24) is 10.2 Å². The van der Waals surface area contributed by atoms with Gasteiger partial charge in [0.2, 0.25) is 5.91 Å². The molecule has 7 nitrogen and oxygen atoms in total. The van der Waals surface area contributed by atoms with Crippen LogP contribution in [0.3, 0.4) is 0 Å². The molecule has 1 N–H and O–H groups in total. The van der Waals surface area contributed by atoms with Crippen molar-refractivity contribution in [3.05, 3.63) is 64.7 Å². The summed E-state index contributed by atoms with van der Waals surface area (Å²) in [4.78, 5) is 46.3. The molecule has 1 atom stereocenters. The Morgan fingerprint density at radius 1 is 1.00 bits per heavy atom. The summed E-state index contributed by atoms with van der Waals surface area (Å²) < 4.78 is 0. The van der Waals surface area contributed by atoms with Crippen LogP contribution in [0, 0.1) is 26.7 Å². The molecule has 0 bridgehead atoms. The number of nitrogens with zero attached hydrogens (tertiary/aromatic N) is 3. The standard InChI is InChI=1S/C26H30N4O3/c1-17-13-18(2)23(19(3)14-17)30-25(32)22(24(31)28-26(30)33)15-27-21-9-11-29(12-10-21)16-20-7-5-4-6-8-20/h4-8,13-15,21-22H,9-12,16H2,1-3H3,(H,28,31,33)/t22-/m0/s1. The number of imide groups is 2. The van der Waals surface area contributed by atoms with E-state index < -0.39 is 23.8 Å². The summed E-state index contributed by atoms with van der Waals surface area (Å²) in [6, 6.07) is 13.6. The quantitative estimate of drug-likeness (QED) is 0.563. The summed E-state index contributed by atoms with van der Waals surface area (Å²) in [5, 5.41) is 2.33. The third-order valence-electron chi connectivity index (χ3n) is 6.31. The molecule has 0 aliphatic carbocycles. The second-order valence-electron chi connectivity index (χ2n) is 8.98. The van der Waals surface area contributed by atoms with Crippen LogP contribution >= 0.6 is 0 Å². The molecule has 2 heterocycles. The van der Waals surface area contributed by atoms with Crippen LogP contribution in [0.4, 0.5) is 10.5 Å². The minimum atomic E-state index is -1.11. The summed E-state index contributed by atoms with van der Waals surface area (Å²) in [5.41, 5.74) is 4.49. The van der Waals surface area contributed by atoms with E-state index >= 15 is 0 Å². The summed E-state index contributed by atoms with van der Waals surface area (Å²) in [6.07, 6.45) is 3.17. The van der Waals surface area contributed by atoms with Gasteiger partial charge in [-0.3, -0.25) is 24.8 Å². The molecule has 2 fully saturated rings. The Morgan fingerprint density at radius 2 is 1.64 bits per heavy atom. The lowest BCUT2D eigenvalue weighted by molar-refractivity contribution is -0.131. The molecule has 2 aromatic carbocycles. The van der Waals surface area contributed by atoms with E-state index in [2.05, 4.69) is 27.3 Å². The minimum Gasteiger partial charge on any atom is -0.299 e. The van der Waals surface area contributed by atoms with Crippen LogP contribution in [0.1, 0.15) is 35.1 Å². The van der Waals surface area contributed by atoms with Gasteiger partial charge in [0.1, 0.15) is 0 Å². The molecular formula is C26H30N4O3. The monoisotopic (exact) mass is 446 g/mol. The van der Waals surface area contributed by atoms with E-state index in [1.54, 1.807) is 0 Å². The van der Waals surface area contributed by atoms with E-state index in [1.165, 1.54) is 11.8 Å². The molecule has 2 saturated heterocycles. The fourth-order valence-corrected chi connectivity index (χ4v) is 4.73. The maximum Gasteiger partial charge on any atom is 0.335 e. The van der Waals surface area contributed by atoms with Gasteiger partial charge in [-0.05, 0) is 50.3 Å². The highest BCUT2D eigenvalue weighted by Gasteiger charge is 2.41. The molecule has 172 valence electrons. The zero-order valence-corrected chi connectivity index (χ0v) is 19.4. The number of hydrogen-bond donors (Lipinski definition) is 1. The Bertz CT molecular complexity index is 1060. The topological polar surface area (TPSA) is 82.1 Å². The number of aryl methyl sites for hydroxylation is 3. The van der Waals surface area contributed by atoms with Crippen molar-refractivity contribution in [2.75, 3.05) is 18.0 Å². The molecule has 0 aromatic heterocycles. The first-order valence-electron chi connectivity index (χ1n) is 11.4. The first-order valence-corrected chi connectivity index (χ1v) is 11.4. The number of anilines is 1. The van der Waals surface area contributed by atoms with E-state index in [4.69, 9.17) is 0 Å². The van der Waals surface area contributed by atoms with Crippen molar-refractivity contribution in [1.29, 1.82) is 0 Å². The summed E-state index contributed by atoms with van der Waals surface area (Å²) >= 11 is 0. The third kappa shape index (κ3) is 5.03. The van der Waals surface area contributed by atoms with Crippen LogP contribution in [0.2, 0.25) is 0 Å². The molecule has 0 radical (unpaired) electrons. The van der Waals surface area contributed by atoms with Gasteiger partial charge in [-0.25, -0.2) is 9.69 Å². The van der Waals surface area contributed by atoms with Crippen LogP contribution in [0.15, 0.2) is 47.5 Å². The number of carbonyl (C=O) groups is 3. The van der Waals surface area contributed by atoms with Crippen molar-refractivity contribution in [3.8, 4) is 0 Å². The van der Waals surface area contributed by atoms with Crippen LogP contribution in [-0.2, 0) is 16.1 Å². The van der Waals surface area contributed by atoms with Crippen molar-refractivity contribution >= 4 is 29.7 Å². The fourth-order valence-electron chi connectivity index (χ4n) is 4.73. The van der Waals surface area contributed by atoms with Gasteiger partial charge < -0.3 is 0 Å². The molecule has 0 spiro atoms. The average molecular weight is 447 g/mol. The smallest absolute Gasteiger partial charge is 0.299 e. The molecular weight excluding hydrogens is 416 g/mol. The Morgan fingerprint density at radius 3 is 2.27 bits per heavy atom. The number of carbonyl (C=O) groups excluding carboxylic acids is 3. The van der Waals surface area contributed by atoms with Gasteiger partial charge in [0.05, 0.1) is 11.7 Å². The number of hydrogen-bond acceptors (Lipinski definition) is 5. The minimum absolute atomic E-state index is 0.0616. The normalized spacial score (nSPS) is 20.5. The number of piperidine rings is 1. The average Bonchev–Trinajstić information content (AvgIpc) is 2.77. The van der Waals surface area contributed by atoms with E-state index in [0.29, 0.717) is 5.69 Å². The maximum atomic E-state index is 13.2. The Labute approximate surface area is 194 Å². The number of likely N-dealkylation sites (tertiary alicyclic amines) is 1. The van der Waals surface area contributed by atoms with E-state index in [1.807, 2.05) is 51.1 Å². The molecule has 33 heavy (non-hydrogen) atoms. The van der Waals surface area contributed by atoms with Crippen LogP contribution in [0.5, 0.6) is 0 Å². The number of aliphatic imine (C=N–C) groups is 1. The highest BCUT2D eigenvalue weighted by atomic mass is 16.2. The third-order valence-corrected chi connectivity index (χ3v) is 6.31. The predicted molar refractivity (Wildman–Crippen MR) is 128 cm³/mol. The highest BCUT2D eigenvalue weighted by Crippen LogP contribution is 2.29. The van der Waals surface area contributed by atoms with Gasteiger partial charge in [-0.2, -0.15) is 0 Å². The molecule has 0 unspecified atom stereocenters. The SMILES string of the molecule is Cc1cc(C)c(N2C(=O)NC(=O)[C@H](C=NC3CCN(Cc4ccccc4)CC3)C2=O)c(C)c1. The van der Waals surface area contributed by atoms with Gasteiger partial charge in [0.15, 0.2) is 5.92 Å². The molecule has 0 saturated carbocycles. The van der Waals surface area contributed by atoms with Gasteiger partial charge in [-0.1, -0.05) is 48.0 Å². The lowest BCUT2D eigenvalue weighted by Gasteiger charge is -2.32. The molecule has 2 aromatic rings. The lowest BCUT2D eigenvalue weighted by atomic mass is 10.00. The summed E-state index contributed by atoms with van der Waals surface area (Å²) in [5.74, 6) is -2.27. The largest absolute Gasteiger partial charge is 0.335 e. The Balaban J connectivity index is 1.43. The summed E-state index contributed by atoms with van der Waals surface area (Å²) in [6.45, 7) is 8.42. The van der Waals surface area contributed by atoms with Crippen molar-refractivity contribution in [2.24, 2.45) is 10.9 Å². The number of nitrogens with one attached hydrogen (secondary N) is 1. The number of rotatable bonds is 5. The first kappa shape index (κ1) is 22.9. The molecule has 2 aliphatic heterocycles. The van der Waals surface area contributed by atoms with Crippen molar-refractivity contribution < 1.29 is 14.4 Å². The zero-order valence-electron chi connectivity index (χ0n) is 19.4. The Hall–Kier alpha value is -3.32. The maximum absolute atomic E-state index is 13.2. The Kier molecular flexibility index (Phi) is 6.70. The number of amides is 4. The number of urea groups is 1. The summed E-state index contributed by atoms with van der Waals surface area (Å²) in [7, 11) is 0. The second-order valence-corrected chi connectivity index (χ2v) is 8.98. The number of benzene rings is 2.